The fourth-order valence-electron chi connectivity index (χ4n) is 2.79. The monoisotopic (exact) mass is 396 g/mol. The molecule has 2 N–H and O–H groups in total. The van der Waals surface area contributed by atoms with Crippen LogP contribution in [0.5, 0.6) is 5.75 Å². The van der Waals surface area contributed by atoms with Gasteiger partial charge in [0.1, 0.15) is 11.6 Å². The molecular formula is C21H21FN4O3. The maximum atomic E-state index is 13.3. The van der Waals surface area contributed by atoms with E-state index in [1.54, 1.807) is 54.9 Å². The first-order valence-corrected chi connectivity index (χ1v) is 8.95. The third-order valence-corrected chi connectivity index (χ3v) is 4.30. The molecule has 0 aliphatic rings. The number of nitrogens with one attached hydrogen (secondary N) is 2. The average Bonchev–Trinajstić information content (AvgIpc) is 2.94. The Balaban J connectivity index is 1.67. The average molecular weight is 396 g/mol. The molecule has 2 amide bonds. The Morgan fingerprint density at radius 3 is 2.59 bits per heavy atom. The first-order valence-electron chi connectivity index (χ1n) is 8.95. The van der Waals surface area contributed by atoms with Crippen LogP contribution < -0.4 is 15.4 Å². The largest absolute Gasteiger partial charge is 0.471 e. The summed E-state index contributed by atoms with van der Waals surface area (Å²) in [5, 5.41) is 9.83. The van der Waals surface area contributed by atoms with Gasteiger partial charge in [0.05, 0.1) is 17.1 Å². The van der Waals surface area contributed by atoms with Crippen molar-refractivity contribution in [3.05, 3.63) is 71.3 Å². The highest BCUT2D eigenvalue weighted by molar-refractivity contribution is 6.01. The van der Waals surface area contributed by atoms with Gasteiger partial charge in [-0.3, -0.25) is 4.79 Å². The van der Waals surface area contributed by atoms with Crippen molar-refractivity contribution in [1.82, 2.24) is 9.78 Å². The van der Waals surface area contributed by atoms with Crippen LogP contribution in [-0.2, 0) is 6.73 Å². The minimum absolute atomic E-state index is 0.0695. The molecule has 150 valence electrons. The van der Waals surface area contributed by atoms with Gasteiger partial charge in [-0.1, -0.05) is 18.2 Å². The lowest BCUT2D eigenvalue weighted by molar-refractivity contribution is 0.101. The van der Waals surface area contributed by atoms with E-state index in [1.165, 1.54) is 19.1 Å². The summed E-state index contributed by atoms with van der Waals surface area (Å²) in [6.07, 6.45) is 0. The summed E-state index contributed by atoms with van der Waals surface area (Å²) >= 11 is 0. The Morgan fingerprint density at radius 1 is 1.10 bits per heavy atom. The summed E-state index contributed by atoms with van der Waals surface area (Å²) in [7, 11) is 0. The molecular weight excluding hydrogens is 375 g/mol. The minimum Gasteiger partial charge on any atom is -0.471 e. The van der Waals surface area contributed by atoms with Crippen LogP contribution in [0.25, 0.3) is 0 Å². The quantitative estimate of drug-likeness (QED) is 0.600. The number of carbonyl (C=O) groups is 2. The van der Waals surface area contributed by atoms with Gasteiger partial charge in [-0.2, -0.15) is 5.10 Å². The number of aryl methyl sites for hydroxylation is 1. The molecule has 1 heterocycles. The fraction of sp³-hybridized carbons (Fsp3) is 0.190. The lowest BCUT2D eigenvalue weighted by Gasteiger charge is -2.10. The number of urea groups is 1. The zero-order valence-corrected chi connectivity index (χ0v) is 16.3. The number of amides is 2. The van der Waals surface area contributed by atoms with E-state index < -0.39 is 6.03 Å². The molecule has 0 radical (unpaired) electrons. The Morgan fingerprint density at radius 2 is 1.86 bits per heavy atom. The number of nitrogens with zero attached hydrogens (tertiary/aromatic N) is 2. The number of hydrogen-bond donors (Lipinski definition) is 2. The van der Waals surface area contributed by atoms with Gasteiger partial charge in [-0.25, -0.2) is 13.9 Å². The van der Waals surface area contributed by atoms with Crippen molar-refractivity contribution >= 4 is 23.2 Å². The topological polar surface area (TPSA) is 85.3 Å². The molecule has 0 saturated heterocycles. The predicted molar refractivity (Wildman–Crippen MR) is 108 cm³/mol. The van der Waals surface area contributed by atoms with Gasteiger partial charge in [0.2, 0.25) is 0 Å². The summed E-state index contributed by atoms with van der Waals surface area (Å²) in [5.74, 6) is -0.0841. The second-order valence-corrected chi connectivity index (χ2v) is 6.49. The van der Waals surface area contributed by atoms with Crippen molar-refractivity contribution in [3.8, 4) is 5.75 Å². The molecule has 0 saturated carbocycles. The van der Waals surface area contributed by atoms with E-state index >= 15 is 0 Å². The molecule has 0 aliphatic heterocycles. The van der Waals surface area contributed by atoms with E-state index in [9.17, 15) is 14.0 Å². The van der Waals surface area contributed by atoms with Crippen molar-refractivity contribution in [2.45, 2.75) is 27.5 Å². The number of ketones is 1. The zero-order chi connectivity index (χ0) is 21.0. The summed E-state index contributed by atoms with van der Waals surface area (Å²) in [5.41, 5.74) is 2.86. The first-order chi connectivity index (χ1) is 13.8. The molecule has 0 bridgehead atoms. The van der Waals surface area contributed by atoms with Gasteiger partial charge in [0.25, 0.3) is 0 Å². The molecule has 0 spiro atoms. The number of aromatic nitrogens is 2. The number of hydrogen-bond acceptors (Lipinski definition) is 4. The van der Waals surface area contributed by atoms with Gasteiger partial charge in [0, 0.05) is 17.3 Å². The molecule has 29 heavy (non-hydrogen) atoms. The molecule has 0 fully saturated rings. The number of benzene rings is 2. The lowest BCUT2D eigenvalue weighted by Crippen LogP contribution is -2.20. The number of halogens is 1. The second kappa shape index (κ2) is 8.55. The van der Waals surface area contributed by atoms with Crippen LogP contribution in [0.2, 0.25) is 0 Å². The van der Waals surface area contributed by atoms with Crippen LogP contribution >= 0.6 is 0 Å². The molecule has 0 unspecified atom stereocenters. The molecule has 1 aromatic heterocycles. The van der Waals surface area contributed by atoms with Gasteiger partial charge < -0.3 is 15.4 Å². The van der Waals surface area contributed by atoms with Gasteiger partial charge in [-0.15, -0.1) is 0 Å². The van der Waals surface area contributed by atoms with Crippen LogP contribution in [0.3, 0.4) is 0 Å². The maximum Gasteiger partial charge on any atom is 0.323 e. The third-order valence-electron chi connectivity index (χ3n) is 4.30. The highest BCUT2D eigenvalue weighted by Crippen LogP contribution is 2.21. The van der Waals surface area contributed by atoms with Gasteiger partial charge in [0.15, 0.2) is 12.5 Å². The Hall–Kier alpha value is -3.68. The smallest absolute Gasteiger partial charge is 0.323 e. The normalized spacial score (nSPS) is 10.5. The van der Waals surface area contributed by atoms with Crippen LogP contribution in [0, 0.1) is 19.7 Å². The van der Waals surface area contributed by atoms with Crippen molar-refractivity contribution in [2.24, 2.45) is 0 Å². The van der Waals surface area contributed by atoms with Crippen LogP contribution in [0.1, 0.15) is 28.7 Å². The number of Topliss-reactive ketones (excluding diaryl/α,β-unsaturated/α-hetero) is 1. The predicted octanol–water partition coefficient (Wildman–Crippen LogP) is 4.52. The van der Waals surface area contributed by atoms with E-state index in [-0.39, 0.29) is 18.3 Å². The molecule has 3 aromatic rings. The molecule has 0 atom stereocenters. The number of anilines is 2. The molecule has 3 rings (SSSR count). The van der Waals surface area contributed by atoms with Crippen molar-refractivity contribution in [2.75, 3.05) is 10.6 Å². The zero-order valence-electron chi connectivity index (χ0n) is 16.3. The van der Waals surface area contributed by atoms with Crippen molar-refractivity contribution in [3.63, 3.8) is 0 Å². The summed E-state index contributed by atoms with van der Waals surface area (Å²) in [6, 6.07) is 12.1. The summed E-state index contributed by atoms with van der Waals surface area (Å²) in [6.45, 7) is 5.09. The molecule has 8 heteroatoms. The van der Waals surface area contributed by atoms with Crippen molar-refractivity contribution in [1.29, 1.82) is 0 Å². The van der Waals surface area contributed by atoms with E-state index in [1.807, 2.05) is 0 Å². The summed E-state index contributed by atoms with van der Waals surface area (Å²) < 4.78 is 20.4. The Bertz CT molecular complexity index is 1060. The summed E-state index contributed by atoms with van der Waals surface area (Å²) in [4.78, 5) is 23.9. The Labute approximate surface area is 167 Å². The van der Waals surface area contributed by atoms with Crippen molar-refractivity contribution < 1.29 is 18.7 Å². The highest BCUT2D eigenvalue weighted by atomic mass is 19.1. The van der Waals surface area contributed by atoms with E-state index in [0.717, 1.165) is 0 Å². The highest BCUT2D eigenvalue weighted by Gasteiger charge is 2.15. The van der Waals surface area contributed by atoms with Crippen LogP contribution in [0.15, 0.2) is 48.5 Å². The second-order valence-electron chi connectivity index (χ2n) is 6.49. The van der Waals surface area contributed by atoms with E-state index in [0.29, 0.717) is 34.1 Å². The minimum atomic E-state index is -0.456. The fourth-order valence-corrected chi connectivity index (χ4v) is 2.79. The van der Waals surface area contributed by atoms with Crippen LogP contribution in [0.4, 0.5) is 20.6 Å². The molecule has 7 nitrogen and oxygen atoms in total. The number of ether oxygens (including phenoxy) is 1. The van der Waals surface area contributed by atoms with Crippen LogP contribution in [-0.4, -0.2) is 21.6 Å². The van der Waals surface area contributed by atoms with Gasteiger partial charge in [-0.05, 0) is 45.0 Å². The third kappa shape index (κ3) is 4.98. The number of carbonyl (C=O) groups excluding carboxylic acids is 2. The van der Waals surface area contributed by atoms with E-state index in [4.69, 9.17) is 4.74 Å². The van der Waals surface area contributed by atoms with E-state index in [2.05, 4.69) is 15.7 Å². The van der Waals surface area contributed by atoms with Gasteiger partial charge >= 0.3 is 6.03 Å². The molecule has 2 aromatic carbocycles. The standard InChI is InChI=1S/C21H21FN4O3/c1-13-20(24-21(28)23-18-8-4-6-16(10-18)15(3)27)14(2)26(25-13)12-29-19-9-5-7-17(22)11-19/h4-11H,12H2,1-3H3,(H2,23,24,28). The lowest BCUT2D eigenvalue weighted by atomic mass is 10.1. The Kier molecular flexibility index (Phi) is 5.92. The maximum absolute atomic E-state index is 13.3. The SMILES string of the molecule is CC(=O)c1cccc(NC(=O)Nc2c(C)nn(COc3cccc(F)c3)c2C)c1. The molecule has 0 aliphatic carbocycles. The first kappa shape index (κ1) is 20.1. The number of rotatable bonds is 6.